The van der Waals surface area contributed by atoms with Crippen LogP contribution in [0.5, 0.6) is 0 Å². The number of ketones is 1. The van der Waals surface area contributed by atoms with Gasteiger partial charge in [0.15, 0.2) is 0 Å². The first-order valence-electron chi connectivity index (χ1n) is 5.01. The molecule has 2 rings (SSSR count). The van der Waals surface area contributed by atoms with Crippen LogP contribution in [0.15, 0.2) is 48.7 Å². The Morgan fingerprint density at radius 2 is 1.94 bits per heavy atom. The van der Waals surface area contributed by atoms with Crippen LogP contribution in [0.4, 0.5) is 0 Å². The van der Waals surface area contributed by atoms with Crippen molar-refractivity contribution in [2.24, 2.45) is 0 Å². The molecular formula is C14H11NO. The minimum absolute atomic E-state index is 0.000787. The minimum atomic E-state index is 0.000787. The van der Waals surface area contributed by atoms with E-state index < -0.39 is 0 Å². The standard InChI is InChI=1S/C14H11NO/c1-2-10-15-11-6-9-13(15)14(16)12-7-4-3-5-8-12/h1,3-9,11H,10H2. The zero-order chi connectivity index (χ0) is 11.4. The summed E-state index contributed by atoms with van der Waals surface area (Å²) in [5, 5.41) is 0. The minimum Gasteiger partial charge on any atom is -0.333 e. The summed E-state index contributed by atoms with van der Waals surface area (Å²) in [6.45, 7) is 0.418. The Morgan fingerprint density at radius 3 is 2.62 bits per heavy atom. The Balaban J connectivity index is 2.35. The number of terminal acetylenes is 1. The third-order valence-electron chi connectivity index (χ3n) is 2.36. The maximum absolute atomic E-state index is 12.1. The fourth-order valence-corrected chi connectivity index (χ4v) is 1.59. The van der Waals surface area contributed by atoms with Gasteiger partial charge in [-0.2, -0.15) is 0 Å². The molecule has 0 saturated heterocycles. The van der Waals surface area contributed by atoms with E-state index in [1.54, 1.807) is 22.8 Å². The Labute approximate surface area is 94.5 Å². The topological polar surface area (TPSA) is 22.0 Å². The summed E-state index contributed by atoms with van der Waals surface area (Å²) in [4.78, 5) is 12.1. The molecule has 16 heavy (non-hydrogen) atoms. The van der Waals surface area contributed by atoms with Gasteiger partial charge >= 0.3 is 0 Å². The third-order valence-corrected chi connectivity index (χ3v) is 2.36. The van der Waals surface area contributed by atoms with E-state index in [0.29, 0.717) is 17.8 Å². The molecule has 0 amide bonds. The van der Waals surface area contributed by atoms with E-state index >= 15 is 0 Å². The molecule has 0 radical (unpaired) electrons. The summed E-state index contributed by atoms with van der Waals surface area (Å²) in [6, 6.07) is 12.8. The van der Waals surface area contributed by atoms with Gasteiger partial charge in [-0.15, -0.1) is 6.42 Å². The zero-order valence-corrected chi connectivity index (χ0v) is 8.76. The van der Waals surface area contributed by atoms with Gasteiger partial charge in [-0.25, -0.2) is 0 Å². The van der Waals surface area contributed by atoms with Crippen molar-refractivity contribution < 1.29 is 4.79 Å². The Bertz CT molecular complexity index is 531. The van der Waals surface area contributed by atoms with Crippen LogP contribution < -0.4 is 0 Å². The predicted molar refractivity (Wildman–Crippen MR) is 63.1 cm³/mol. The fraction of sp³-hybridized carbons (Fsp3) is 0.0714. The molecule has 0 unspecified atom stereocenters. The van der Waals surface area contributed by atoms with Crippen LogP contribution in [0.2, 0.25) is 0 Å². The summed E-state index contributed by atoms with van der Waals surface area (Å²) >= 11 is 0. The van der Waals surface area contributed by atoms with Crippen LogP contribution in [-0.4, -0.2) is 10.4 Å². The highest BCUT2D eigenvalue weighted by atomic mass is 16.1. The number of hydrogen-bond donors (Lipinski definition) is 0. The van der Waals surface area contributed by atoms with E-state index in [9.17, 15) is 4.79 Å². The molecule has 78 valence electrons. The Hall–Kier alpha value is -2.27. The van der Waals surface area contributed by atoms with E-state index in [-0.39, 0.29) is 5.78 Å². The van der Waals surface area contributed by atoms with Gasteiger partial charge in [0.1, 0.15) is 0 Å². The van der Waals surface area contributed by atoms with Gasteiger partial charge in [-0.3, -0.25) is 4.79 Å². The van der Waals surface area contributed by atoms with Gasteiger partial charge in [-0.1, -0.05) is 36.3 Å². The first kappa shape index (κ1) is 10.3. The monoisotopic (exact) mass is 209 g/mol. The number of carbonyl (C=O) groups excluding carboxylic acids is 1. The molecule has 0 aliphatic heterocycles. The van der Waals surface area contributed by atoms with E-state index in [1.165, 1.54) is 0 Å². The molecule has 0 N–H and O–H groups in total. The average molecular weight is 209 g/mol. The maximum atomic E-state index is 12.1. The molecular weight excluding hydrogens is 198 g/mol. The molecule has 0 aliphatic carbocycles. The van der Waals surface area contributed by atoms with Gasteiger partial charge < -0.3 is 4.57 Å². The SMILES string of the molecule is C#CCn1cccc1C(=O)c1ccccc1. The molecule has 2 nitrogen and oxygen atoms in total. The highest BCUT2D eigenvalue weighted by Crippen LogP contribution is 2.10. The number of benzene rings is 1. The molecule has 2 aromatic rings. The largest absolute Gasteiger partial charge is 0.333 e. The first-order chi connectivity index (χ1) is 7.83. The molecule has 1 aromatic carbocycles. The van der Waals surface area contributed by atoms with Crippen LogP contribution in [0, 0.1) is 12.3 Å². The molecule has 0 bridgehead atoms. The van der Waals surface area contributed by atoms with E-state index in [2.05, 4.69) is 5.92 Å². The third kappa shape index (κ3) is 1.89. The van der Waals surface area contributed by atoms with Crippen LogP contribution >= 0.6 is 0 Å². The van der Waals surface area contributed by atoms with Crippen LogP contribution in [0.1, 0.15) is 16.1 Å². The lowest BCUT2D eigenvalue weighted by molar-refractivity contribution is 0.103. The van der Waals surface area contributed by atoms with E-state index in [1.807, 2.05) is 30.5 Å². The second-order valence-corrected chi connectivity index (χ2v) is 3.42. The second-order valence-electron chi connectivity index (χ2n) is 3.42. The van der Waals surface area contributed by atoms with Gasteiger partial charge in [0.05, 0.1) is 12.2 Å². The van der Waals surface area contributed by atoms with Crippen LogP contribution in [0.3, 0.4) is 0 Å². The number of rotatable bonds is 3. The average Bonchev–Trinajstić information content (AvgIpc) is 2.78. The Kier molecular flexibility index (Phi) is 2.88. The van der Waals surface area contributed by atoms with Crippen LogP contribution in [-0.2, 0) is 6.54 Å². The predicted octanol–water partition coefficient (Wildman–Crippen LogP) is 2.35. The second kappa shape index (κ2) is 4.50. The molecule has 0 fully saturated rings. The molecule has 0 atom stereocenters. The Morgan fingerprint density at radius 1 is 1.19 bits per heavy atom. The lowest BCUT2D eigenvalue weighted by Gasteiger charge is -2.04. The number of carbonyl (C=O) groups is 1. The number of aromatic nitrogens is 1. The van der Waals surface area contributed by atoms with E-state index in [4.69, 9.17) is 6.42 Å². The summed E-state index contributed by atoms with van der Waals surface area (Å²) in [5.41, 5.74) is 1.31. The smallest absolute Gasteiger partial charge is 0.209 e. The maximum Gasteiger partial charge on any atom is 0.209 e. The lowest BCUT2D eigenvalue weighted by Crippen LogP contribution is -2.08. The van der Waals surface area contributed by atoms with E-state index in [0.717, 1.165) is 0 Å². The van der Waals surface area contributed by atoms with Crippen molar-refractivity contribution in [3.8, 4) is 12.3 Å². The highest BCUT2D eigenvalue weighted by molar-refractivity contribution is 6.07. The molecule has 2 heteroatoms. The molecule has 0 spiro atoms. The zero-order valence-electron chi connectivity index (χ0n) is 8.76. The molecule has 1 heterocycles. The van der Waals surface area contributed by atoms with Crippen molar-refractivity contribution >= 4 is 5.78 Å². The number of nitrogens with zero attached hydrogens (tertiary/aromatic N) is 1. The van der Waals surface area contributed by atoms with Gasteiger partial charge in [-0.05, 0) is 12.1 Å². The lowest BCUT2D eigenvalue weighted by atomic mass is 10.1. The van der Waals surface area contributed by atoms with Crippen molar-refractivity contribution in [1.82, 2.24) is 4.57 Å². The normalized spacial score (nSPS) is 9.69. The van der Waals surface area contributed by atoms with Crippen LogP contribution in [0.25, 0.3) is 0 Å². The van der Waals surface area contributed by atoms with Gasteiger partial charge in [0.2, 0.25) is 5.78 Å². The summed E-state index contributed by atoms with van der Waals surface area (Å²) in [5.74, 6) is 2.53. The van der Waals surface area contributed by atoms with Crippen molar-refractivity contribution in [3.63, 3.8) is 0 Å². The molecule has 0 aliphatic rings. The molecule has 1 aromatic heterocycles. The van der Waals surface area contributed by atoms with Crippen molar-refractivity contribution in [2.75, 3.05) is 0 Å². The van der Waals surface area contributed by atoms with Gasteiger partial charge in [0, 0.05) is 11.8 Å². The summed E-state index contributed by atoms with van der Waals surface area (Å²) < 4.78 is 1.77. The first-order valence-corrected chi connectivity index (χ1v) is 5.01. The quantitative estimate of drug-likeness (QED) is 0.562. The van der Waals surface area contributed by atoms with Crippen molar-refractivity contribution in [1.29, 1.82) is 0 Å². The number of hydrogen-bond acceptors (Lipinski definition) is 1. The summed E-state index contributed by atoms with van der Waals surface area (Å²) in [6.07, 6.45) is 7.06. The summed E-state index contributed by atoms with van der Waals surface area (Å²) in [7, 11) is 0. The highest BCUT2D eigenvalue weighted by Gasteiger charge is 2.11. The molecule has 0 saturated carbocycles. The fourth-order valence-electron chi connectivity index (χ4n) is 1.59. The van der Waals surface area contributed by atoms with Crippen molar-refractivity contribution in [2.45, 2.75) is 6.54 Å². The van der Waals surface area contributed by atoms with Gasteiger partial charge in [0.25, 0.3) is 0 Å². The van der Waals surface area contributed by atoms with Crippen molar-refractivity contribution in [3.05, 3.63) is 59.9 Å².